The number of hydrogen-bond acceptors (Lipinski definition) is 5. The Morgan fingerprint density at radius 1 is 1.26 bits per heavy atom. The first-order valence-electron chi connectivity index (χ1n) is 6.46. The quantitative estimate of drug-likeness (QED) is 0.747. The van der Waals surface area contributed by atoms with E-state index in [0.29, 0.717) is 22.5 Å². The van der Waals surface area contributed by atoms with Crippen LogP contribution in [0.5, 0.6) is 5.75 Å². The molecule has 9 heteroatoms. The van der Waals surface area contributed by atoms with Crippen LogP contribution >= 0.6 is 11.6 Å². The molecule has 120 valence electrons. The number of sulfonamides is 1. The second-order valence-corrected chi connectivity index (χ2v) is 6.73. The number of hydrogen-bond donors (Lipinski definition) is 2. The minimum atomic E-state index is -3.98. The van der Waals surface area contributed by atoms with Crippen LogP contribution in [-0.4, -0.2) is 25.1 Å². The second-order valence-electron chi connectivity index (χ2n) is 4.79. The van der Waals surface area contributed by atoms with Gasteiger partial charge in [-0.3, -0.25) is 4.57 Å². The van der Waals surface area contributed by atoms with Crippen molar-refractivity contribution in [1.29, 1.82) is 0 Å². The van der Waals surface area contributed by atoms with Crippen molar-refractivity contribution in [2.75, 3.05) is 12.8 Å². The van der Waals surface area contributed by atoms with Crippen molar-refractivity contribution >= 4 is 38.6 Å². The summed E-state index contributed by atoms with van der Waals surface area (Å²) in [5, 5.41) is 5.19. The monoisotopic (exact) mass is 352 g/mol. The van der Waals surface area contributed by atoms with Gasteiger partial charge >= 0.3 is 0 Å². The number of fused-ring (bicyclic) bond motifs is 1. The maximum absolute atomic E-state index is 11.7. The summed E-state index contributed by atoms with van der Waals surface area (Å²) in [4.78, 5) is 4.02. The molecule has 0 saturated heterocycles. The van der Waals surface area contributed by atoms with Gasteiger partial charge in [-0.15, -0.1) is 0 Å². The van der Waals surface area contributed by atoms with E-state index in [1.807, 2.05) is 6.07 Å². The van der Waals surface area contributed by atoms with E-state index >= 15 is 0 Å². The third-order valence-electron chi connectivity index (χ3n) is 3.37. The highest BCUT2D eigenvalue weighted by Gasteiger charge is 2.19. The maximum atomic E-state index is 11.7. The van der Waals surface area contributed by atoms with Crippen LogP contribution in [0.2, 0.25) is 5.02 Å². The highest BCUT2D eigenvalue weighted by Crippen LogP contribution is 2.33. The molecular formula is C14H13ClN4O3S. The van der Waals surface area contributed by atoms with Gasteiger partial charge in [0.25, 0.3) is 0 Å². The molecule has 0 atom stereocenters. The fourth-order valence-electron chi connectivity index (χ4n) is 2.38. The molecule has 23 heavy (non-hydrogen) atoms. The lowest BCUT2D eigenvalue weighted by molar-refractivity contribution is 0.413. The number of nitrogens with zero attached hydrogens (tertiary/aromatic N) is 2. The smallest absolute Gasteiger partial charge is 0.239 e. The molecule has 1 heterocycles. The summed E-state index contributed by atoms with van der Waals surface area (Å²) in [6, 6.07) is 9.92. The lowest BCUT2D eigenvalue weighted by Gasteiger charge is -2.11. The van der Waals surface area contributed by atoms with Crippen molar-refractivity contribution in [2.24, 2.45) is 5.14 Å². The minimum Gasteiger partial charge on any atom is -0.495 e. The highest BCUT2D eigenvalue weighted by molar-refractivity contribution is 7.89. The minimum absolute atomic E-state index is 0.00956. The first kappa shape index (κ1) is 15.6. The van der Waals surface area contributed by atoms with Crippen molar-refractivity contribution < 1.29 is 13.2 Å². The topological polar surface area (TPSA) is 113 Å². The fourth-order valence-corrected chi connectivity index (χ4v) is 3.47. The van der Waals surface area contributed by atoms with Gasteiger partial charge in [0.2, 0.25) is 16.0 Å². The predicted molar refractivity (Wildman–Crippen MR) is 88.4 cm³/mol. The van der Waals surface area contributed by atoms with Gasteiger partial charge in [-0.1, -0.05) is 23.7 Å². The van der Waals surface area contributed by atoms with E-state index in [2.05, 4.69) is 4.98 Å². The maximum Gasteiger partial charge on any atom is 0.239 e. The first-order chi connectivity index (χ1) is 10.8. The number of para-hydroxylation sites is 2. The van der Waals surface area contributed by atoms with Crippen molar-refractivity contribution in [3.63, 3.8) is 0 Å². The predicted octanol–water partition coefficient (Wildman–Crippen LogP) is 1.92. The number of nitrogens with two attached hydrogens (primary N) is 2. The normalized spacial score (nSPS) is 11.8. The van der Waals surface area contributed by atoms with Gasteiger partial charge in [0.05, 0.1) is 28.9 Å². The van der Waals surface area contributed by atoms with Gasteiger partial charge < -0.3 is 10.5 Å². The van der Waals surface area contributed by atoms with Crippen LogP contribution in [0.3, 0.4) is 0 Å². The number of aromatic nitrogens is 2. The Kier molecular flexibility index (Phi) is 3.67. The number of methoxy groups -OCH3 is 1. The Hall–Kier alpha value is -2.29. The van der Waals surface area contributed by atoms with Gasteiger partial charge in [0.15, 0.2) is 0 Å². The van der Waals surface area contributed by atoms with Crippen LogP contribution < -0.4 is 15.6 Å². The molecule has 0 amide bonds. The lowest BCUT2D eigenvalue weighted by atomic mass is 10.2. The fraction of sp³-hybridized carbons (Fsp3) is 0.0714. The Morgan fingerprint density at radius 3 is 2.61 bits per heavy atom. The first-order valence-corrected chi connectivity index (χ1v) is 8.39. The van der Waals surface area contributed by atoms with E-state index in [-0.39, 0.29) is 15.9 Å². The van der Waals surface area contributed by atoms with Gasteiger partial charge in [0, 0.05) is 0 Å². The van der Waals surface area contributed by atoms with Crippen LogP contribution in [0.15, 0.2) is 41.3 Å². The molecule has 0 aliphatic heterocycles. The van der Waals surface area contributed by atoms with Gasteiger partial charge in [-0.25, -0.2) is 18.5 Å². The van der Waals surface area contributed by atoms with E-state index in [1.54, 1.807) is 22.8 Å². The van der Waals surface area contributed by atoms with Crippen LogP contribution in [0.1, 0.15) is 0 Å². The molecule has 0 spiro atoms. The van der Waals surface area contributed by atoms with Crippen LogP contribution in [0.4, 0.5) is 5.95 Å². The van der Waals surface area contributed by atoms with E-state index < -0.39 is 10.0 Å². The number of rotatable bonds is 3. The summed E-state index contributed by atoms with van der Waals surface area (Å²) < 4.78 is 30.3. The largest absolute Gasteiger partial charge is 0.495 e. The molecule has 0 radical (unpaired) electrons. The Morgan fingerprint density at radius 2 is 1.96 bits per heavy atom. The standard InChI is InChI=1S/C14H13ClN4O3S/c1-22-12-5-3-2-4-10(12)19-11-7-13(23(17,20)21)8(15)6-9(11)18-14(19)16/h2-7H,1H3,(H2,16,18)(H2,17,20,21). The third-order valence-corrected chi connectivity index (χ3v) is 4.74. The molecule has 0 saturated carbocycles. The van der Waals surface area contributed by atoms with E-state index in [4.69, 9.17) is 27.2 Å². The van der Waals surface area contributed by atoms with Crippen LogP contribution in [0, 0.1) is 0 Å². The van der Waals surface area contributed by atoms with Crippen LogP contribution in [0.25, 0.3) is 16.7 Å². The zero-order valence-corrected chi connectivity index (χ0v) is 13.6. The number of nitrogen functional groups attached to an aromatic ring is 1. The molecular weight excluding hydrogens is 340 g/mol. The number of benzene rings is 2. The number of anilines is 1. The zero-order chi connectivity index (χ0) is 16.8. The van der Waals surface area contributed by atoms with Crippen LogP contribution in [-0.2, 0) is 10.0 Å². The number of halogens is 1. The summed E-state index contributed by atoms with van der Waals surface area (Å²) in [6.07, 6.45) is 0. The molecule has 7 nitrogen and oxygen atoms in total. The third kappa shape index (κ3) is 2.61. The SMILES string of the molecule is COc1ccccc1-n1c(N)nc2cc(Cl)c(S(N)(=O)=O)cc21. The lowest BCUT2D eigenvalue weighted by Crippen LogP contribution is -2.13. The molecule has 3 rings (SSSR count). The molecule has 1 aromatic heterocycles. The summed E-state index contributed by atoms with van der Waals surface area (Å²) in [5.74, 6) is 0.734. The summed E-state index contributed by atoms with van der Waals surface area (Å²) in [5.41, 5.74) is 7.52. The zero-order valence-electron chi connectivity index (χ0n) is 12.0. The molecule has 2 aromatic carbocycles. The van der Waals surface area contributed by atoms with Crippen molar-refractivity contribution in [2.45, 2.75) is 4.90 Å². The average Bonchev–Trinajstić information content (AvgIpc) is 2.80. The molecule has 4 N–H and O–H groups in total. The second kappa shape index (κ2) is 5.41. The Balaban J connectivity index is 2.40. The van der Waals surface area contributed by atoms with Crippen molar-refractivity contribution in [3.05, 3.63) is 41.4 Å². The van der Waals surface area contributed by atoms with Crippen molar-refractivity contribution in [3.8, 4) is 11.4 Å². The summed E-state index contributed by atoms with van der Waals surface area (Å²) >= 11 is 5.98. The van der Waals surface area contributed by atoms with Gasteiger partial charge in [-0.05, 0) is 24.3 Å². The molecule has 0 aliphatic carbocycles. The highest BCUT2D eigenvalue weighted by atomic mass is 35.5. The van der Waals surface area contributed by atoms with Gasteiger partial charge in [0.1, 0.15) is 10.6 Å². The Bertz CT molecular complexity index is 1010. The van der Waals surface area contributed by atoms with Gasteiger partial charge in [-0.2, -0.15) is 0 Å². The number of imidazole rings is 1. The summed E-state index contributed by atoms with van der Waals surface area (Å²) in [7, 11) is -2.45. The molecule has 0 unspecified atom stereocenters. The molecule has 3 aromatic rings. The number of ether oxygens (including phenoxy) is 1. The van der Waals surface area contributed by atoms with E-state index in [1.165, 1.54) is 19.2 Å². The van der Waals surface area contributed by atoms with E-state index in [9.17, 15) is 8.42 Å². The number of primary sulfonamides is 1. The average molecular weight is 353 g/mol. The Labute approximate surface area is 137 Å². The molecule has 0 aliphatic rings. The molecule has 0 fully saturated rings. The van der Waals surface area contributed by atoms with Crippen molar-refractivity contribution in [1.82, 2.24) is 9.55 Å². The van der Waals surface area contributed by atoms with E-state index in [0.717, 1.165) is 0 Å². The summed E-state index contributed by atoms with van der Waals surface area (Å²) in [6.45, 7) is 0. The molecule has 0 bridgehead atoms.